The van der Waals surface area contributed by atoms with Crippen molar-refractivity contribution in [3.8, 4) is 11.5 Å². The van der Waals surface area contributed by atoms with Crippen LogP contribution < -0.4 is 19.7 Å². The molecule has 7 nitrogen and oxygen atoms in total. The third kappa shape index (κ3) is 5.48. The van der Waals surface area contributed by atoms with Gasteiger partial charge in [-0.05, 0) is 60.7 Å². The molecule has 1 aliphatic rings. The summed E-state index contributed by atoms with van der Waals surface area (Å²) in [5.41, 5.74) is 0.983. The van der Waals surface area contributed by atoms with Crippen LogP contribution in [0, 0.1) is 5.82 Å². The molecule has 3 aromatic carbocycles. The molecule has 168 valence electrons. The number of ether oxygens (including phenoxy) is 2. The number of anilines is 2. The Morgan fingerprint density at radius 3 is 2.64 bits per heavy atom. The van der Waals surface area contributed by atoms with Gasteiger partial charge < -0.3 is 14.8 Å². The fourth-order valence-electron chi connectivity index (χ4n) is 3.22. The van der Waals surface area contributed by atoms with E-state index in [1.165, 1.54) is 35.2 Å². The predicted octanol–water partition coefficient (Wildman–Crippen LogP) is 4.10. The molecule has 0 aromatic heterocycles. The quantitative estimate of drug-likeness (QED) is 0.528. The first kappa shape index (κ1) is 22.3. The largest absolute Gasteiger partial charge is 0.485 e. The van der Waals surface area contributed by atoms with E-state index in [-0.39, 0.29) is 31.1 Å². The molecule has 1 heterocycles. The highest BCUT2D eigenvalue weighted by Crippen LogP contribution is 2.33. The lowest BCUT2D eigenvalue weighted by Crippen LogP contribution is -2.43. The first-order chi connectivity index (χ1) is 15.9. The molecule has 4 rings (SSSR count). The van der Waals surface area contributed by atoms with E-state index < -0.39 is 17.6 Å². The summed E-state index contributed by atoms with van der Waals surface area (Å²) in [4.78, 5) is 38.8. The van der Waals surface area contributed by atoms with Crippen molar-refractivity contribution in [2.24, 2.45) is 0 Å². The topological polar surface area (TPSA) is 84.9 Å². The van der Waals surface area contributed by atoms with Gasteiger partial charge in [0, 0.05) is 16.3 Å². The van der Waals surface area contributed by atoms with E-state index >= 15 is 0 Å². The van der Waals surface area contributed by atoms with Crippen molar-refractivity contribution in [2.45, 2.75) is 0 Å². The molecule has 1 aliphatic heterocycles. The van der Waals surface area contributed by atoms with E-state index in [0.29, 0.717) is 27.9 Å². The van der Waals surface area contributed by atoms with Gasteiger partial charge in [-0.25, -0.2) is 4.39 Å². The minimum absolute atomic E-state index is 0.234. The van der Waals surface area contributed by atoms with Crippen LogP contribution >= 0.6 is 11.6 Å². The zero-order valence-corrected chi connectivity index (χ0v) is 18.0. The van der Waals surface area contributed by atoms with Gasteiger partial charge in [0.2, 0.25) is 5.91 Å². The van der Waals surface area contributed by atoms with Crippen LogP contribution in [0.2, 0.25) is 5.02 Å². The second-order valence-electron chi connectivity index (χ2n) is 7.18. The van der Waals surface area contributed by atoms with Crippen molar-refractivity contribution in [3.05, 3.63) is 83.1 Å². The molecule has 0 atom stereocenters. The second kappa shape index (κ2) is 9.70. The maximum atomic E-state index is 13.1. The molecule has 9 heteroatoms. The summed E-state index contributed by atoms with van der Waals surface area (Å²) in [5, 5.41) is 3.10. The highest BCUT2D eigenvalue weighted by Gasteiger charge is 2.28. The Bertz CT molecular complexity index is 1220. The number of carbonyl (C=O) groups excluding carboxylic acids is 3. The smallest absolute Gasteiger partial charge is 0.265 e. The molecule has 3 aromatic rings. The lowest BCUT2D eigenvalue weighted by Gasteiger charge is -2.29. The van der Waals surface area contributed by atoms with Crippen molar-refractivity contribution < 1.29 is 28.2 Å². The fourth-order valence-corrected chi connectivity index (χ4v) is 3.40. The van der Waals surface area contributed by atoms with Crippen LogP contribution in [0.1, 0.15) is 10.4 Å². The van der Waals surface area contributed by atoms with E-state index in [0.717, 1.165) is 0 Å². The molecule has 1 N–H and O–H groups in total. The summed E-state index contributed by atoms with van der Waals surface area (Å²) < 4.78 is 24.0. The zero-order valence-electron chi connectivity index (χ0n) is 17.2. The highest BCUT2D eigenvalue weighted by atomic mass is 35.5. The Morgan fingerprint density at radius 2 is 1.88 bits per heavy atom. The van der Waals surface area contributed by atoms with Crippen molar-refractivity contribution in [1.29, 1.82) is 0 Å². The Kier molecular flexibility index (Phi) is 6.55. The number of rotatable bonds is 7. The number of ketones is 1. The average Bonchev–Trinajstić information content (AvgIpc) is 2.80. The molecule has 0 unspecified atom stereocenters. The number of benzene rings is 3. The van der Waals surface area contributed by atoms with Gasteiger partial charge in [0.1, 0.15) is 23.9 Å². The Morgan fingerprint density at radius 1 is 1.09 bits per heavy atom. The molecule has 2 amide bonds. The van der Waals surface area contributed by atoms with Crippen LogP contribution in [0.3, 0.4) is 0 Å². The summed E-state index contributed by atoms with van der Waals surface area (Å²) in [6.07, 6.45) is 0. The molecule has 0 radical (unpaired) electrons. The standard InChI is InChI=1S/C24H18ClFN2O5/c25-16-2-1-3-19(11-16)32-13-21(29)15-4-9-22-20(10-15)28(24(31)14-33-22)12-23(30)27-18-7-5-17(26)6-8-18/h1-11H,12-14H2,(H,27,30). The molecular formula is C24H18ClFN2O5. The number of nitrogens with zero attached hydrogens (tertiary/aromatic N) is 1. The average molecular weight is 469 g/mol. The summed E-state index contributed by atoms with van der Waals surface area (Å²) in [6.45, 7) is -0.774. The summed E-state index contributed by atoms with van der Waals surface area (Å²) in [5.74, 6) is -0.850. The van der Waals surface area contributed by atoms with E-state index in [9.17, 15) is 18.8 Å². The number of halogens is 2. The van der Waals surface area contributed by atoms with Gasteiger partial charge in [0.15, 0.2) is 19.0 Å². The summed E-state index contributed by atoms with van der Waals surface area (Å²) in [7, 11) is 0. The lowest BCUT2D eigenvalue weighted by atomic mass is 10.1. The maximum absolute atomic E-state index is 13.1. The first-order valence-electron chi connectivity index (χ1n) is 9.93. The third-order valence-electron chi connectivity index (χ3n) is 4.82. The van der Waals surface area contributed by atoms with Crippen LogP contribution in [-0.4, -0.2) is 37.4 Å². The number of carbonyl (C=O) groups is 3. The zero-order chi connectivity index (χ0) is 23.4. The van der Waals surface area contributed by atoms with Crippen LogP contribution in [-0.2, 0) is 9.59 Å². The van der Waals surface area contributed by atoms with Gasteiger partial charge in [-0.1, -0.05) is 17.7 Å². The van der Waals surface area contributed by atoms with Crippen LogP contribution in [0.15, 0.2) is 66.7 Å². The molecule has 0 saturated carbocycles. The molecule has 0 fully saturated rings. The Balaban J connectivity index is 1.48. The maximum Gasteiger partial charge on any atom is 0.265 e. The van der Waals surface area contributed by atoms with Gasteiger partial charge in [-0.3, -0.25) is 19.3 Å². The third-order valence-corrected chi connectivity index (χ3v) is 5.05. The SMILES string of the molecule is O=C(CN1C(=O)COc2ccc(C(=O)COc3cccc(Cl)c3)cc21)Nc1ccc(F)cc1. The van der Waals surface area contributed by atoms with Crippen molar-refractivity contribution in [2.75, 3.05) is 30.0 Å². The Labute approximate surface area is 193 Å². The normalized spacial score (nSPS) is 12.5. The second-order valence-corrected chi connectivity index (χ2v) is 7.61. The fraction of sp³-hybridized carbons (Fsp3) is 0.125. The number of amides is 2. The van der Waals surface area contributed by atoms with E-state index in [1.807, 2.05) is 0 Å². The van der Waals surface area contributed by atoms with Gasteiger partial charge in [0.25, 0.3) is 5.91 Å². The van der Waals surface area contributed by atoms with Crippen molar-refractivity contribution in [1.82, 2.24) is 0 Å². The van der Waals surface area contributed by atoms with Gasteiger partial charge >= 0.3 is 0 Å². The highest BCUT2D eigenvalue weighted by molar-refractivity contribution is 6.30. The number of Topliss-reactive ketones (excluding diaryl/α,β-unsaturated/α-hetero) is 1. The van der Waals surface area contributed by atoms with Gasteiger partial charge in [-0.15, -0.1) is 0 Å². The molecular weight excluding hydrogens is 451 g/mol. The van der Waals surface area contributed by atoms with Crippen molar-refractivity contribution >= 4 is 40.6 Å². The molecule has 33 heavy (non-hydrogen) atoms. The van der Waals surface area contributed by atoms with E-state index in [2.05, 4.69) is 5.32 Å². The lowest BCUT2D eigenvalue weighted by molar-refractivity contribution is -0.123. The van der Waals surface area contributed by atoms with E-state index in [1.54, 1.807) is 36.4 Å². The first-order valence-corrected chi connectivity index (χ1v) is 10.3. The van der Waals surface area contributed by atoms with Crippen molar-refractivity contribution in [3.63, 3.8) is 0 Å². The molecule has 0 saturated heterocycles. The minimum Gasteiger partial charge on any atom is -0.485 e. The number of nitrogens with one attached hydrogen (secondary N) is 1. The number of hydrogen-bond donors (Lipinski definition) is 1. The van der Waals surface area contributed by atoms with Crippen LogP contribution in [0.5, 0.6) is 11.5 Å². The van der Waals surface area contributed by atoms with Crippen LogP contribution in [0.4, 0.5) is 15.8 Å². The summed E-state index contributed by atoms with van der Waals surface area (Å²) >= 11 is 5.92. The summed E-state index contributed by atoms with van der Waals surface area (Å²) in [6, 6.07) is 16.6. The van der Waals surface area contributed by atoms with Gasteiger partial charge in [-0.2, -0.15) is 0 Å². The van der Waals surface area contributed by atoms with E-state index in [4.69, 9.17) is 21.1 Å². The molecule has 0 aliphatic carbocycles. The molecule has 0 bridgehead atoms. The minimum atomic E-state index is -0.483. The van der Waals surface area contributed by atoms with Crippen LogP contribution in [0.25, 0.3) is 0 Å². The Hall–Kier alpha value is -3.91. The van der Waals surface area contributed by atoms with Gasteiger partial charge in [0.05, 0.1) is 5.69 Å². The molecule has 0 spiro atoms. The predicted molar refractivity (Wildman–Crippen MR) is 121 cm³/mol. The number of fused-ring (bicyclic) bond motifs is 1. The monoisotopic (exact) mass is 468 g/mol. The number of hydrogen-bond acceptors (Lipinski definition) is 5.